The summed E-state index contributed by atoms with van der Waals surface area (Å²) in [6.07, 6.45) is 3.22. The molecule has 1 saturated heterocycles. The van der Waals surface area contributed by atoms with E-state index in [1.54, 1.807) is 30.1 Å². The number of benzene rings is 1. The minimum absolute atomic E-state index is 0.0486. The van der Waals surface area contributed by atoms with Gasteiger partial charge in [-0.25, -0.2) is 0 Å². The van der Waals surface area contributed by atoms with E-state index in [-0.39, 0.29) is 17.5 Å². The van der Waals surface area contributed by atoms with Crippen LogP contribution >= 0.6 is 23.2 Å². The van der Waals surface area contributed by atoms with Crippen molar-refractivity contribution in [2.45, 2.75) is 18.9 Å². The van der Waals surface area contributed by atoms with Gasteiger partial charge in [-0.3, -0.25) is 4.79 Å². The molecule has 1 amide bonds. The second kappa shape index (κ2) is 8.39. The van der Waals surface area contributed by atoms with E-state index >= 15 is 0 Å². The lowest BCUT2D eigenvalue weighted by Gasteiger charge is -2.34. The summed E-state index contributed by atoms with van der Waals surface area (Å²) in [4.78, 5) is 16.4. The van der Waals surface area contributed by atoms with E-state index in [4.69, 9.17) is 23.2 Å². The number of rotatable bonds is 4. The SMILES string of the molecule is CN1CCC(N(C)C(=O)/C(C#N)=C\Nc2cc(Cl)cc(Cl)c2)CC1. The molecule has 128 valence electrons. The minimum atomic E-state index is -0.285. The zero-order valence-corrected chi connectivity index (χ0v) is 15.2. The van der Waals surface area contributed by atoms with E-state index in [2.05, 4.69) is 17.3 Å². The van der Waals surface area contributed by atoms with Gasteiger partial charge < -0.3 is 15.1 Å². The zero-order valence-electron chi connectivity index (χ0n) is 13.7. The molecule has 1 fully saturated rings. The van der Waals surface area contributed by atoms with Crippen LogP contribution in [0.3, 0.4) is 0 Å². The monoisotopic (exact) mass is 366 g/mol. The molecule has 0 radical (unpaired) electrons. The number of nitrogens with one attached hydrogen (secondary N) is 1. The van der Waals surface area contributed by atoms with Gasteiger partial charge in [0.15, 0.2) is 0 Å². The lowest BCUT2D eigenvalue weighted by molar-refractivity contribution is -0.128. The van der Waals surface area contributed by atoms with Crippen LogP contribution in [0.5, 0.6) is 0 Å². The van der Waals surface area contributed by atoms with Crippen LogP contribution in [0.4, 0.5) is 5.69 Å². The van der Waals surface area contributed by atoms with Gasteiger partial charge in [-0.1, -0.05) is 23.2 Å². The number of nitrogens with zero attached hydrogens (tertiary/aromatic N) is 3. The molecule has 1 aromatic carbocycles. The molecule has 1 aromatic rings. The summed E-state index contributed by atoms with van der Waals surface area (Å²) in [5.41, 5.74) is 0.669. The first-order valence-electron chi connectivity index (χ1n) is 7.69. The number of piperidine rings is 1. The molecular weight excluding hydrogens is 347 g/mol. The van der Waals surface area contributed by atoms with Crippen molar-refractivity contribution in [3.8, 4) is 6.07 Å². The summed E-state index contributed by atoms with van der Waals surface area (Å²) in [5, 5.41) is 13.2. The van der Waals surface area contributed by atoms with Gasteiger partial charge in [0, 0.05) is 35.0 Å². The van der Waals surface area contributed by atoms with Crippen molar-refractivity contribution in [3.05, 3.63) is 40.0 Å². The quantitative estimate of drug-likeness (QED) is 0.655. The minimum Gasteiger partial charge on any atom is -0.360 e. The van der Waals surface area contributed by atoms with Crippen LogP contribution in [0, 0.1) is 11.3 Å². The molecule has 0 aromatic heterocycles. The van der Waals surface area contributed by atoms with Gasteiger partial charge >= 0.3 is 0 Å². The molecule has 24 heavy (non-hydrogen) atoms. The fourth-order valence-corrected chi connectivity index (χ4v) is 3.20. The number of likely N-dealkylation sites (tertiary alicyclic amines) is 1. The Balaban J connectivity index is 2.06. The molecule has 0 spiro atoms. The van der Waals surface area contributed by atoms with Crippen molar-refractivity contribution >= 4 is 34.8 Å². The fourth-order valence-electron chi connectivity index (χ4n) is 2.67. The first-order chi connectivity index (χ1) is 11.4. The summed E-state index contributed by atoms with van der Waals surface area (Å²) in [7, 11) is 3.82. The number of likely N-dealkylation sites (N-methyl/N-ethyl adjacent to an activating group) is 1. The second-order valence-corrected chi connectivity index (χ2v) is 6.80. The summed E-state index contributed by atoms with van der Waals surface area (Å²) < 4.78 is 0. The normalized spacial score (nSPS) is 16.5. The van der Waals surface area contributed by atoms with Crippen molar-refractivity contribution in [3.63, 3.8) is 0 Å². The second-order valence-electron chi connectivity index (χ2n) is 5.92. The molecule has 0 bridgehead atoms. The number of carbonyl (C=O) groups is 1. The molecule has 5 nitrogen and oxygen atoms in total. The van der Waals surface area contributed by atoms with Gasteiger partial charge in [0.1, 0.15) is 11.6 Å². The Morgan fingerprint density at radius 3 is 2.46 bits per heavy atom. The Morgan fingerprint density at radius 2 is 1.92 bits per heavy atom. The highest BCUT2D eigenvalue weighted by molar-refractivity contribution is 6.35. The summed E-state index contributed by atoms with van der Waals surface area (Å²) in [6.45, 7) is 1.90. The van der Waals surface area contributed by atoms with Crippen LogP contribution in [0.25, 0.3) is 0 Å². The molecule has 0 unspecified atom stereocenters. The highest BCUT2D eigenvalue weighted by Crippen LogP contribution is 2.23. The predicted octanol–water partition coefficient (Wildman–Crippen LogP) is 3.37. The van der Waals surface area contributed by atoms with E-state index in [0.29, 0.717) is 15.7 Å². The fraction of sp³-hybridized carbons (Fsp3) is 0.412. The van der Waals surface area contributed by atoms with Gasteiger partial charge in [0.25, 0.3) is 5.91 Å². The third-order valence-electron chi connectivity index (χ3n) is 4.15. The van der Waals surface area contributed by atoms with E-state index in [0.717, 1.165) is 25.9 Å². The lowest BCUT2D eigenvalue weighted by Crippen LogP contribution is -2.44. The molecule has 7 heteroatoms. The molecule has 0 saturated carbocycles. The number of amides is 1. The Labute approximate surface area is 152 Å². The van der Waals surface area contributed by atoms with E-state index in [1.165, 1.54) is 6.20 Å². The van der Waals surface area contributed by atoms with E-state index < -0.39 is 0 Å². The molecule has 2 rings (SSSR count). The number of carbonyl (C=O) groups excluding carboxylic acids is 1. The Morgan fingerprint density at radius 1 is 1.33 bits per heavy atom. The van der Waals surface area contributed by atoms with E-state index in [9.17, 15) is 10.1 Å². The average Bonchev–Trinajstić information content (AvgIpc) is 2.54. The van der Waals surface area contributed by atoms with Gasteiger partial charge in [-0.2, -0.15) is 5.26 Å². The summed E-state index contributed by atoms with van der Waals surface area (Å²) in [5.74, 6) is -0.285. The number of halogens is 2. The first kappa shape index (κ1) is 18.6. The van der Waals surface area contributed by atoms with Crippen LogP contribution in [0.2, 0.25) is 10.0 Å². The highest BCUT2D eigenvalue weighted by Gasteiger charge is 2.25. The standard InChI is InChI=1S/C17H20Cl2N4O/c1-22-5-3-16(4-6-22)23(2)17(24)12(10-20)11-21-15-8-13(18)7-14(19)9-15/h7-9,11,16,21H,3-6H2,1-2H3/b12-11-. The van der Waals surface area contributed by atoms with Crippen molar-refractivity contribution in [1.82, 2.24) is 9.80 Å². The third-order valence-corrected chi connectivity index (χ3v) is 4.59. The van der Waals surface area contributed by atoms with Crippen LogP contribution in [0.15, 0.2) is 30.0 Å². The van der Waals surface area contributed by atoms with Gasteiger partial charge in [-0.15, -0.1) is 0 Å². The van der Waals surface area contributed by atoms with Crippen molar-refractivity contribution in [2.24, 2.45) is 0 Å². The van der Waals surface area contributed by atoms with Crippen LogP contribution in [0.1, 0.15) is 12.8 Å². The molecular formula is C17H20Cl2N4O. The first-order valence-corrected chi connectivity index (χ1v) is 8.45. The maximum atomic E-state index is 12.5. The van der Waals surface area contributed by atoms with Crippen molar-refractivity contribution in [1.29, 1.82) is 5.26 Å². The molecule has 1 heterocycles. The van der Waals surface area contributed by atoms with Gasteiger partial charge in [0.2, 0.25) is 0 Å². The molecule has 0 atom stereocenters. The third kappa shape index (κ3) is 4.88. The number of hydrogen-bond acceptors (Lipinski definition) is 4. The van der Waals surface area contributed by atoms with Gasteiger partial charge in [-0.05, 0) is 51.2 Å². The number of hydrogen-bond donors (Lipinski definition) is 1. The maximum Gasteiger partial charge on any atom is 0.266 e. The highest BCUT2D eigenvalue weighted by atomic mass is 35.5. The van der Waals surface area contributed by atoms with Crippen molar-refractivity contribution in [2.75, 3.05) is 32.5 Å². The van der Waals surface area contributed by atoms with Gasteiger partial charge in [0.05, 0.1) is 0 Å². The summed E-state index contributed by atoms with van der Waals surface area (Å²) in [6, 6.07) is 7.07. The smallest absolute Gasteiger partial charge is 0.266 e. The van der Waals surface area contributed by atoms with Crippen molar-refractivity contribution < 1.29 is 4.79 Å². The largest absolute Gasteiger partial charge is 0.360 e. The van der Waals surface area contributed by atoms with Crippen LogP contribution in [-0.2, 0) is 4.79 Å². The molecule has 0 aliphatic carbocycles. The molecule has 1 aliphatic heterocycles. The molecule has 1 N–H and O–H groups in total. The number of nitriles is 1. The topological polar surface area (TPSA) is 59.4 Å². The van der Waals surface area contributed by atoms with E-state index in [1.807, 2.05) is 6.07 Å². The average molecular weight is 367 g/mol. The summed E-state index contributed by atoms with van der Waals surface area (Å²) >= 11 is 11.9. The Bertz CT molecular complexity index is 655. The molecule has 1 aliphatic rings. The zero-order chi connectivity index (χ0) is 17.7. The Hall–Kier alpha value is -1.74. The predicted molar refractivity (Wildman–Crippen MR) is 97.1 cm³/mol. The maximum absolute atomic E-state index is 12.5. The van der Waals surface area contributed by atoms with Crippen LogP contribution < -0.4 is 5.32 Å². The number of anilines is 1. The Kier molecular flexibility index (Phi) is 6.50. The lowest BCUT2D eigenvalue weighted by atomic mass is 10.0. The van der Waals surface area contributed by atoms with Crippen LogP contribution in [-0.4, -0.2) is 48.9 Å².